The number of amides is 1. The molecule has 0 unspecified atom stereocenters. The van der Waals surface area contributed by atoms with Crippen molar-refractivity contribution in [1.82, 2.24) is 4.31 Å². The zero-order chi connectivity index (χ0) is 19.6. The van der Waals surface area contributed by atoms with Crippen LogP contribution < -0.4 is 9.64 Å². The number of carbonyl (C=O) groups excluding carboxylic acids is 1. The Morgan fingerprint density at radius 2 is 1.81 bits per heavy atom. The summed E-state index contributed by atoms with van der Waals surface area (Å²) in [6, 6.07) is 9.83. The van der Waals surface area contributed by atoms with Gasteiger partial charge in [0.05, 0.1) is 17.1 Å². The lowest BCUT2D eigenvalue weighted by atomic mass is 10.1. The summed E-state index contributed by atoms with van der Waals surface area (Å²) in [6.07, 6.45) is 0. The van der Waals surface area contributed by atoms with Crippen molar-refractivity contribution in [1.29, 1.82) is 0 Å². The normalized spacial score (nSPS) is 14.0. The Bertz CT molecular complexity index is 941. The van der Waals surface area contributed by atoms with Gasteiger partial charge in [0.2, 0.25) is 10.0 Å². The molecule has 0 saturated heterocycles. The molecule has 0 aliphatic carbocycles. The first-order valence-electron chi connectivity index (χ1n) is 8.73. The molecule has 0 saturated carbocycles. The van der Waals surface area contributed by atoms with Crippen molar-refractivity contribution in [3.63, 3.8) is 0 Å². The highest BCUT2D eigenvalue weighted by molar-refractivity contribution is 7.89. The molecule has 1 aliphatic rings. The standard InChI is InChI=1S/C19H21FN2O4S/c1-3-21(4-2)27(24,25)16-8-5-14(6-9-16)19(23)22-11-12-26-18-10-7-15(20)13-17(18)22/h5-10,13H,3-4,11-12H2,1-2H3. The molecule has 0 aromatic heterocycles. The minimum atomic E-state index is -3.58. The smallest absolute Gasteiger partial charge is 0.258 e. The lowest BCUT2D eigenvalue weighted by Gasteiger charge is -2.29. The van der Waals surface area contributed by atoms with Crippen LogP contribution in [-0.4, -0.2) is 44.9 Å². The first-order chi connectivity index (χ1) is 12.9. The molecule has 3 rings (SSSR count). The fraction of sp³-hybridized carbons (Fsp3) is 0.316. The molecule has 1 amide bonds. The molecule has 0 N–H and O–H groups in total. The Morgan fingerprint density at radius 3 is 2.44 bits per heavy atom. The molecule has 0 radical (unpaired) electrons. The average Bonchev–Trinajstić information content (AvgIpc) is 2.67. The van der Waals surface area contributed by atoms with Gasteiger partial charge in [-0.2, -0.15) is 4.31 Å². The lowest BCUT2D eigenvalue weighted by Crippen LogP contribution is -2.38. The Hall–Kier alpha value is -2.45. The number of sulfonamides is 1. The third kappa shape index (κ3) is 3.68. The molecule has 0 fully saturated rings. The maximum absolute atomic E-state index is 13.6. The number of ether oxygens (including phenoxy) is 1. The number of halogens is 1. The number of fused-ring (bicyclic) bond motifs is 1. The van der Waals surface area contributed by atoms with Gasteiger partial charge in [-0.15, -0.1) is 0 Å². The minimum Gasteiger partial charge on any atom is -0.490 e. The van der Waals surface area contributed by atoms with Crippen LogP contribution >= 0.6 is 0 Å². The van der Waals surface area contributed by atoms with Gasteiger partial charge in [0, 0.05) is 24.7 Å². The van der Waals surface area contributed by atoms with Gasteiger partial charge in [0.1, 0.15) is 18.2 Å². The molecular weight excluding hydrogens is 371 g/mol. The highest BCUT2D eigenvalue weighted by Crippen LogP contribution is 2.33. The van der Waals surface area contributed by atoms with Crippen LogP contribution in [0, 0.1) is 5.82 Å². The molecule has 1 heterocycles. The van der Waals surface area contributed by atoms with Crippen molar-refractivity contribution in [3.05, 3.63) is 53.8 Å². The molecule has 6 nitrogen and oxygen atoms in total. The van der Waals surface area contributed by atoms with E-state index in [0.29, 0.717) is 36.7 Å². The molecule has 27 heavy (non-hydrogen) atoms. The van der Waals surface area contributed by atoms with Crippen LogP contribution in [0.4, 0.5) is 10.1 Å². The van der Waals surface area contributed by atoms with E-state index in [0.717, 1.165) is 0 Å². The third-order valence-corrected chi connectivity index (χ3v) is 6.54. The Labute approximate surface area is 158 Å². The van der Waals surface area contributed by atoms with Gasteiger partial charge in [-0.3, -0.25) is 4.79 Å². The fourth-order valence-corrected chi connectivity index (χ4v) is 4.50. The number of nitrogens with zero attached hydrogens (tertiary/aromatic N) is 2. The van der Waals surface area contributed by atoms with E-state index < -0.39 is 15.8 Å². The lowest BCUT2D eigenvalue weighted by molar-refractivity contribution is 0.0976. The summed E-state index contributed by atoms with van der Waals surface area (Å²) in [5.41, 5.74) is 0.691. The van der Waals surface area contributed by atoms with Crippen molar-refractivity contribution in [2.24, 2.45) is 0 Å². The van der Waals surface area contributed by atoms with E-state index in [1.165, 1.54) is 51.7 Å². The number of hydrogen-bond donors (Lipinski definition) is 0. The summed E-state index contributed by atoms with van der Waals surface area (Å²) in [6.45, 7) is 4.88. The Kier molecular flexibility index (Phi) is 5.48. The second kappa shape index (κ2) is 7.66. The third-order valence-electron chi connectivity index (χ3n) is 4.47. The first kappa shape index (κ1) is 19.3. The predicted molar refractivity (Wildman–Crippen MR) is 100 cm³/mol. The largest absolute Gasteiger partial charge is 0.490 e. The number of benzene rings is 2. The van der Waals surface area contributed by atoms with Crippen LogP contribution in [0.5, 0.6) is 5.75 Å². The van der Waals surface area contributed by atoms with E-state index in [9.17, 15) is 17.6 Å². The zero-order valence-corrected chi connectivity index (χ0v) is 16.0. The first-order valence-corrected chi connectivity index (χ1v) is 10.2. The van der Waals surface area contributed by atoms with Crippen molar-refractivity contribution in [3.8, 4) is 5.75 Å². The van der Waals surface area contributed by atoms with E-state index in [4.69, 9.17) is 4.74 Å². The van der Waals surface area contributed by atoms with Crippen LogP contribution in [-0.2, 0) is 10.0 Å². The van der Waals surface area contributed by atoms with Crippen LogP contribution in [0.1, 0.15) is 24.2 Å². The maximum atomic E-state index is 13.6. The number of anilines is 1. The summed E-state index contributed by atoms with van der Waals surface area (Å²) in [4.78, 5) is 14.4. The maximum Gasteiger partial charge on any atom is 0.258 e. The number of carbonyl (C=O) groups is 1. The van der Waals surface area contributed by atoms with E-state index in [1.54, 1.807) is 13.8 Å². The predicted octanol–water partition coefficient (Wildman–Crippen LogP) is 2.90. The monoisotopic (exact) mass is 392 g/mol. The second-order valence-corrected chi connectivity index (χ2v) is 7.97. The van der Waals surface area contributed by atoms with Gasteiger partial charge in [0.15, 0.2) is 0 Å². The van der Waals surface area contributed by atoms with E-state index in [-0.39, 0.29) is 17.3 Å². The van der Waals surface area contributed by atoms with Crippen LogP contribution in [0.15, 0.2) is 47.4 Å². The molecule has 0 spiro atoms. The molecule has 0 atom stereocenters. The van der Waals surface area contributed by atoms with Gasteiger partial charge in [0.25, 0.3) is 5.91 Å². The van der Waals surface area contributed by atoms with Crippen LogP contribution in [0.2, 0.25) is 0 Å². The molecular formula is C19H21FN2O4S. The van der Waals surface area contributed by atoms with Gasteiger partial charge >= 0.3 is 0 Å². The molecule has 8 heteroatoms. The molecule has 2 aromatic rings. The van der Waals surface area contributed by atoms with E-state index >= 15 is 0 Å². The van der Waals surface area contributed by atoms with Crippen molar-refractivity contribution in [2.45, 2.75) is 18.7 Å². The summed E-state index contributed by atoms with van der Waals surface area (Å²) in [5, 5.41) is 0. The highest BCUT2D eigenvalue weighted by Gasteiger charge is 2.26. The topological polar surface area (TPSA) is 66.9 Å². The summed E-state index contributed by atoms with van der Waals surface area (Å²) >= 11 is 0. The molecule has 1 aliphatic heterocycles. The van der Waals surface area contributed by atoms with Crippen LogP contribution in [0.25, 0.3) is 0 Å². The highest BCUT2D eigenvalue weighted by atomic mass is 32.2. The van der Waals surface area contributed by atoms with E-state index in [2.05, 4.69) is 0 Å². The fourth-order valence-electron chi connectivity index (χ4n) is 3.04. The summed E-state index contributed by atoms with van der Waals surface area (Å²) in [5.74, 6) is -0.355. The van der Waals surface area contributed by atoms with E-state index in [1.807, 2.05) is 0 Å². The van der Waals surface area contributed by atoms with Gasteiger partial charge < -0.3 is 9.64 Å². The molecule has 0 bridgehead atoms. The summed E-state index contributed by atoms with van der Waals surface area (Å²) in [7, 11) is -3.58. The van der Waals surface area contributed by atoms with Crippen molar-refractivity contribution >= 4 is 21.6 Å². The zero-order valence-electron chi connectivity index (χ0n) is 15.2. The van der Waals surface area contributed by atoms with Gasteiger partial charge in [-0.05, 0) is 36.4 Å². The number of rotatable bonds is 5. The molecule has 144 valence electrons. The molecule has 2 aromatic carbocycles. The van der Waals surface area contributed by atoms with Gasteiger partial charge in [-0.25, -0.2) is 12.8 Å². The quantitative estimate of drug-likeness (QED) is 0.785. The van der Waals surface area contributed by atoms with Crippen LogP contribution in [0.3, 0.4) is 0 Å². The minimum absolute atomic E-state index is 0.135. The SMILES string of the molecule is CCN(CC)S(=O)(=O)c1ccc(C(=O)N2CCOc3ccc(F)cc32)cc1. The Morgan fingerprint density at radius 1 is 1.15 bits per heavy atom. The Balaban J connectivity index is 1.89. The number of hydrogen-bond acceptors (Lipinski definition) is 4. The second-order valence-electron chi connectivity index (χ2n) is 6.03. The van der Waals surface area contributed by atoms with Crippen molar-refractivity contribution in [2.75, 3.05) is 31.1 Å². The average molecular weight is 392 g/mol. The van der Waals surface area contributed by atoms with Gasteiger partial charge in [-0.1, -0.05) is 13.8 Å². The summed E-state index contributed by atoms with van der Waals surface area (Å²) < 4.78 is 45.5. The van der Waals surface area contributed by atoms with Crippen molar-refractivity contribution < 1.29 is 22.3 Å².